The molecule has 3 aromatic rings. The van der Waals surface area contributed by atoms with Crippen LogP contribution in [0.3, 0.4) is 0 Å². The molecule has 0 unspecified atom stereocenters. The number of rotatable bonds is 5. The molecule has 0 aliphatic rings. The molecule has 1 aromatic carbocycles. The number of fused-ring (bicyclic) bond motifs is 1. The Morgan fingerprint density at radius 1 is 1.35 bits per heavy atom. The van der Waals surface area contributed by atoms with Gasteiger partial charge in [-0.2, -0.15) is 0 Å². The number of aromatic nitrogens is 3. The van der Waals surface area contributed by atoms with Crippen LogP contribution in [0.25, 0.3) is 10.9 Å². The zero-order chi connectivity index (χ0) is 16.2. The van der Waals surface area contributed by atoms with Crippen molar-refractivity contribution >= 4 is 56.6 Å². The monoisotopic (exact) mass is 364 g/mol. The number of hydrogen-bond acceptors (Lipinski definition) is 6. The average Bonchev–Trinajstić information content (AvgIpc) is 3.00. The quantitative estimate of drug-likeness (QED) is 0.413. The second-order valence-electron chi connectivity index (χ2n) is 4.69. The second-order valence-corrected chi connectivity index (χ2v) is 7.25. The smallest absolute Gasteiger partial charge is 0.225 e. The van der Waals surface area contributed by atoms with E-state index in [1.54, 1.807) is 6.92 Å². The molecule has 0 spiro atoms. The van der Waals surface area contributed by atoms with Gasteiger partial charge in [-0.1, -0.05) is 59.8 Å². The summed E-state index contributed by atoms with van der Waals surface area (Å²) >= 11 is 9.12. The molecular weight excluding hydrogens is 352 g/mol. The molecule has 0 aliphatic carbocycles. The number of nitrogens with one attached hydrogen (secondary N) is 1. The van der Waals surface area contributed by atoms with E-state index in [0.717, 1.165) is 20.8 Å². The molecule has 8 heteroatoms. The highest BCUT2D eigenvalue weighted by molar-refractivity contribution is 8.00. The van der Waals surface area contributed by atoms with Gasteiger partial charge in [-0.15, -0.1) is 10.2 Å². The summed E-state index contributed by atoms with van der Waals surface area (Å²) in [5.41, 5.74) is 1.83. The third-order valence-electron chi connectivity index (χ3n) is 3.08. The number of amides is 1. The number of nitrogens with zero attached hydrogens (tertiary/aromatic N) is 3. The summed E-state index contributed by atoms with van der Waals surface area (Å²) in [5, 5.41) is 12.8. The van der Waals surface area contributed by atoms with E-state index in [-0.39, 0.29) is 5.91 Å². The molecule has 0 saturated carbocycles. The van der Waals surface area contributed by atoms with Gasteiger partial charge in [0, 0.05) is 23.1 Å². The average molecular weight is 365 g/mol. The SMILES string of the molecule is CCC(=O)Nc1nnc(SCc2cc3ccccc3nc2Cl)s1. The Bertz CT molecular complexity index is 852. The summed E-state index contributed by atoms with van der Waals surface area (Å²) in [5.74, 6) is 0.576. The van der Waals surface area contributed by atoms with E-state index < -0.39 is 0 Å². The topological polar surface area (TPSA) is 67.8 Å². The van der Waals surface area contributed by atoms with Crippen LogP contribution in [0.5, 0.6) is 0 Å². The molecule has 1 N–H and O–H groups in total. The highest BCUT2D eigenvalue weighted by atomic mass is 35.5. The predicted molar refractivity (Wildman–Crippen MR) is 95.1 cm³/mol. The van der Waals surface area contributed by atoms with Crippen molar-refractivity contribution in [2.75, 3.05) is 5.32 Å². The summed E-state index contributed by atoms with van der Waals surface area (Å²) in [6, 6.07) is 9.90. The first kappa shape index (κ1) is 16.2. The fraction of sp³-hybridized carbons (Fsp3) is 0.200. The minimum Gasteiger partial charge on any atom is -0.301 e. The van der Waals surface area contributed by atoms with Crippen LogP contribution < -0.4 is 5.32 Å². The molecule has 2 aromatic heterocycles. The predicted octanol–water partition coefficient (Wildman–Crippen LogP) is 4.38. The summed E-state index contributed by atoms with van der Waals surface area (Å²) < 4.78 is 0.778. The minimum atomic E-state index is -0.0699. The van der Waals surface area contributed by atoms with E-state index in [1.807, 2.05) is 30.3 Å². The van der Waals surface area contributed by atoms with E-state index in [9.17, 15) is 4.79 Å². The van der Waals surface area contributed by atoms with Crippen molar-refractivity contribution in [2.24, 2.45) is 0 Å². The first-order chi connectivity index (χ1) is 11.2. The Balaban J connectivity index is 1.71. The standard InChI is InChI=1S/C15H13ClN4OS2/c1-2-12(21)18-14-19-20-15(23-14)22-8-10-7-9-5-3-4-6-11(9)17-13(10)16/h3-7H,2,8H2,1H3,(H,18,19,21). The van der Waals surface area contributed by atoms with Crippen molar-refractivity contribution in [1.82, 2.24) is 15.2 Å². The molecule has 1 amide bonds. The van der Waals surface area contributed by atoms with Gasteiger partial charge in [0.2, 0.25) is 11.0 Å². The summed E-state index contributed by atoms with van der Waals surface area (Å²) in [7, 11) is 0. The maximum Gasteiger partial charge on any atom is 0.225 e. The Morgan fingerprint density at radius 3 is 3.00 bits per heavy atom. The highest BCUT2D eigenvalue weighted by Gasteiger charge is 2.10. The fourth-order valence-corrected chi connectivity index (χ4v) is 3.94. The number of carbonyl (C=O) groups is 1. The number of pyridine rings is 1. The van der Waals surface area contributed by atoms with E-state index in [1.165, 1.54) is 23.1 Å². The molecule has 0 saturated heterocycles. The normalized spacial score (nSPS) is 10.9. The van der Waals surface area contributed by atoms with E-state index in [4.69, 9.17) is 11.6 Å². The van der Waals surface area contributed by atoms with E-state index in [0.29, 0.717) is 22.5 Å². The Kier molecular flexibility index (Phi) is 5.09. The van der Waals surface area contributed by atoms with Crippen LogP contribution in [0.15, 0.2) is 34.7 Å². The van der Waals surface area contributed by atoms with E-state index in [2.05, 4.69) is 20.5 Å². The molecule has 2 heterocycles. The van der Waals surface area contributed by atoms with Crippen molar-refractivity contribution in [3.05, 3.63) is 41.0 Å². The van der Waals surface area contributed by atoms with Gasteiger partial charge in [0.25, 0.3) is 0 Å². The van der Waals surface area contributed by atoms with Crippen LogP contribution in [-0.4, -0.2) is 21.1 Å². The Hall–Kier alpha value is -1.70. The van der Waals surface area contributed by atoms with Crippen LogP contribution in [0.1, 0.15) is 18.9 Å². The number of hydrogen-bond donors (Lipinski definition) is 1. The van der Waals surface area contributed by atoms with E-state index >= 15 is 0 Å². The molecule has 118 valence electrons. The number of carbonyl (C=O) groups excluding carboxylic acids is 1. The number of benzene rings is 1. The van der Waals surface area contributed by atoms with Gasteiger partial charge in [-0.05, 0) is 12.1 Å². The van der Waals surface area contributed by atoms with Crippen molar-refractivity contribution in [2.45, 2.75) is 23.4 Å². The summed E-state index contributed by atoms with van der Waals surface area (Å²) in [4.78, 5) is 15.7. The summed E-state index contributed by atoms with van der Waals surface area (Å²) in [6.07, 6.45) is 0.417. The molecule has 0 radical (unpaired) electrons. The molecule has 5 nitrogen and oxygen atoms in total. The van der Waals surface area contributed by atoms with Gasteiger partial charge in [0.15, 0.2) is 4.34 Å². The van der Waals surface area contributed by atoms with Crippen LogP contribution >= 0.6 is 34.7 Å². The fourth-order valence-electron chi connectivity index (χ4n) is 1.90. The van der Waals surface area contributed by atoms with Crippen LogP contribution in [0.2, 0.25) is 5.15 Å². The van der Waals surface area contributed by atoms with Gasteiger partial charge < -0.3 is 5.32 Å². The first-order valence-corrected chi connectivity index (χ1v) is 9.14. The minimum absolute atomic E-state index is 0.0699. The van der Waals surface area contributed by atoms with Crippen molar-refractivity contribution in [3.63, 3.8) is 0 Å². The largest absolute Gasteiger partial charge is 0.301 e. The number of anilines is 1. The molecule has 3 rings (SSSR count). The first-order valence-electron chi connectivity index (χ1n) is 6.96. The maximum absolute atomic E-state index is 11.3. The van der Waals surface area contributed by atoms with Crippen LogP contribution in [0, 0.1) is 0 Å². The number of para-hydroxylation sites is 1. The lowest BCUT2D eigenvalue weighted by molar-refractivity contribution is -0.115. The zero-order valence-electron chi connectivity index (χ0n) is 12.2. The summed E-state index contributed by atoms with van der Waals surface area (Å²) in [6.45, 7) is 1.79. The Labute approximate surface area is 146 Å². The molecule has 0 fully saturated rings. The second kappa shape index (κ2) is 7.25. The third-order valence-corrected chi connectivity index (χ3v) is 5.42. The molecule has 0 bridgehead atoms. The lowest BCUT2D eigenvalue weighted by Gasteiger charge is -2.04. The lowest BCUT2D eigenvalue weighted by Crippen LogP contribution is -2.08. The molecule has 23 heavy (non-hydrogen) atoms. The van der Waals surface area contributed by atoms with Crippen molar-refractivity contribution in [3.8, 4) is 0 Å². The number of halogens is 1. The molecule has 0 aliphatic heterocycles. The lowest BCUT2D eigenvalue weighted by atomic mass is 10.2. The van der Waals surface area contributed by atoms with Gasteiger partial charge in [0.05, 0.1) is 5.52 Å². The van der Waals surface area contributed by atoms with Gasteiger partial charge >= 0.3 is 0 Å². The highest BCUT2D eigenvalue weighted by Crippen LogP contribution is 2.31. The van der Waals surface area contributed by atoms with Crippen molar-refractivity contribution < 1.29 is 4.79 Å². The molecule has 0 atom stereocenters. The van der Waals surface area contributed by atoms with Gasteiger partial charge in [-0.3, -0.25) is 4.79 Å². The maximum atomic E-state index is 11.3. The van der Waals surface area contributed by atoms with Crippen LogP contribution in [0.4, 0.5) is 5.13 Å². The molecular formula is C15H13ClN4OS2. The van der Waals surface area contributed by atoms with Gasteiger partial charge in [-0.25, -0.2) is 4.98 Å². The van der Waals surface area contributed by atoms with Crippen LogP contribution in [-0.2, 0) is 10.5 Å². The van der Waals surface area contributed by atoms with Gasteiger partial charge in [0.1, 0.15) is 5.15 Å². The zero-order valence-corrected chi connectivity index (χ0v) is 14.6. The third kappa shape index (κ3) is 3.99. The van der Waals surface area contributed by atoms with Crippen molar-refractivity contribution in [1.29, 1.82) is 0 Å². The Morgan fingerprint density at radius 2 is 2.17 bits per heavy atom. The number of thioether (sulfide) groups is 1.